The minimum atomic E-state index is 0.842. The highest BCUT2D eigenvalue weighted by atomic mass is 16.5. The van der Waals surface area contributed by atoms with Crippen LogP contribution in [0, 0.1) is 0 Å². The standard InChI is InChI=1S/C29H32N3O/c1-30(2)25-16-10-7-13-22(25)21-19-28(23-14-8-11-17-26(23)31(3)4)33-29(20-21)24-15-9-12-18-27(24)32(5)6/h7-20H,1-6H3/q+1. The Morgan fingerprint density at radius 2 is 1.27 bits per heavy atom. The Hall–Kier alpha value is -3.79. The van der Waals surface area contributed by atoms with Crippen LogP contribution < -0.4 is 9.80 Å². The number of ether oxygens (including phenoxy) is 1. The highest BCUT2D eigenvalue weighted by Crippen LogP contribution is 2.39. The molecule has 0 N–H and O–H groups in total. The molecular formula is C29H32N3O+. The number of benzene rings is 2. The van der Waals surface area contributed by atoms with Gasteiger partial charge in [-0.05, 0) is 42.0 Å². The molecule has 33 heavy (non-hydrogen) atoms. The average Bonchev–Trinajstić information content (AvgIpc) is 2.83. The van der Waals surface area contributed by atoms with Crippen LogP contribution in [0.15, 0.2) is 96.3 Å². The first kappa shape index (κ1) is 22.4. The first-order chi connectivity index (χ1) is 15.9. The predicted octanol–water partition coefficient (Wildman–Crippen LogP) is 5.37. The smallest absolute Gasteiger partial charge is 0.210 e. The summed E-state index contributed by atoms with van der Waals surface area (Å²) >= 11 is 0. The Labute approximate surface area is 197 Å². The summed E-state index contributed by atoms with van der Waals surface area (Å²) in [5.74, 6) is 1.68. The molecule has 0 atom stereocenters. The summed E-state index contributed by atoms with van der Waals surface area (Å²) in [7, 11) is 12.4. The maximum Gasteiger partial charge on any atom is 0.210 e. The monoisotopic (exact) mass is 438 g/mol. The van der Waals surface area contributed by atoms with Gasteiger partial charge in [0.1, 0.15) is 25.6 Å². The minimum absolute atomic E-state index is 0.842. The minimum Gasteiger partial charge on any atom is -0.456 e. The third kappa shape index (κ3) is 4.56. The maximum atomic E-state index is 6.63. The number of nitrogens with zero attached hydrogens (tertiary/aromatic N) is 3. The third-order valence-corrected chi connectivity index (χ3v) is 5.79. The SMILES string of the molecule is CN(C)c1ccccc1C1=CC(=C2C=CC=CC2=[N+](C)C)OC(c2ccccc2N(C)C)=C1. The van der Waals surface area contributed by atoms with Crippen molar-refractivity contribution in [2.75, 3.05) is 52.1 Å². The summed E-state index contributed by atoms with van der Waals surface area (Å²) in [4.78, 5) is 4.28. The van der Waals surface area contributed by atoms with Gasteiger partial charge in [0.15, 0.2) is 0 Å². The summed E-state index contributed by atoms with van der Waals surface area (Å²) in [6.45, 7) is 0. The fourth-order valence-electron chi connectivity index (χ4n) is 4.17. The molecule has 168 valence electrons. The molecule has 2 aromatic rings. The molecule has 0 aromatic heterocycles. The van der Waals surface area contributed by atoms with Crippen molar-refractivity contribution in [3.05, 3.63) is 107 Å². The molecule has 2 aromatic carbocycles. The van der Waals surface area contributed by atoms with E-state index < -0.39 is 0 Å². The molecule has 0 amide bonds. The van der Waals surface area contributed by atoms with E-state index in [9.17, 15) is 0 Å². The summed E-state index contributed by atoms with van der Waals surface area (Å²) in [6, 6.07) is 16.9. The topological polar surface area (TPSA) is 18.7 Å². The second-order valence-corrected chi connectivity index (χ2v) is 8.81. The van der Waals surface area contributed by atoms with E-state index in [0.717, 1.165) is 39.6 Å². The third-order valence-electron chi connectivity index (χ3n) is 5.79. The Kier molecular flexibility index (Phi) is 6.36. The van der Waals surface area contributed by atoms with Gasteiger partial charge in [-0.25, -0.2) is 4.58 Å². The Morgan fingerprint density at radius 3 is 1.91 bits per heavy atom. The van der Waals surface area contributed by atoms with Crippen LogP contribution >= 0.6 is 0 Å². The van der Waals surface area contributed by atoms with E-state index in [4.69, 9.17) is 4.74 Å². The summed E-state index contributed by atoms with van der Waals surface area (Å²) in [5, 5.41) is 0. The number of anilines is 2. The van der Waals surface area contributed by atoms with Crippen molar-refractivity contribution in [3.8, 4) is 0 Å². The zero-order valence-electron chi connectivity index (χ0n) is 20.3. The van der Waals surface area contributed by atoms with Crippen molar-refractivity contribution in [1.29, 1.82) is 0 Å². The van der Waals surface area contributed by atoms with E-state index in [1.807, 2.05) is 0 Å². The van der Waals surface area contributed by atoms with Crippen molar-refractivity contribution < 1.29 is 9.31 Å². The number of rotatable bonds is 4. The van der Waals surface area contributed by atoms with Gasteiger partial charge in [0.25, 0.3) is 0 Å². The molecule has 4 heteroatoms. The molecule has 0 radical (unpaired) electrons. The Morgan fingerprint density at radius 1 is 0.697 bits per heavy atom. The second kappa shape index (κ2) is 9.37. The fraction of sp³-hybridized carbons (Fsp3) is 0.207. The van der Waals surface area contributed by atoms with Gasteiger partial charge in [-0.1, -0.05) is 42.5 Å². The molecule has 1 aliphatic heterocycles. The normalized spacial score (nSPS) is 17.3. The quantitative estimate of drug-likeness (QED) is 0.599. The molecule has 0 spiro atoms. The Balaban J connectivity index is 1.97. The molecule has 1 aliphatic carbocycles. The molecule has 4 nitrogen and oxygen atoms in total. The molecule has 4 rings (SSSR count). The maximum absolute atomic E-state index is 6.63. The van der Waals surface area contributed by atoms with Crippen LogP contribution in [0.2, 0.25) is 0 Å². The van der Waals surface area contributed by atoms with Gasteiger partial charge in [-0.15, -0.1) is 0 Å². The molecular weight excluding hydrogens is 406 g/mol. The lowest BCUT2D eigenvalue weighted by atomic mass is 9.95. The number of allylic oxidation sites excluding steroid dienone is 8. The van der Waals surface area contributed by atoms with Gasteiger partial charge in [0, 0.05) is 56.8 Å². The summed E-state index contributed by atoms with van der Waals surface area (Å²) < 4.78 is 8.75. The van der Waals surface area contributed by atoms with E-state index >= 15 is 0 Å². The molecule has 1 heterocycles. The van der Waals surface area contributed by atoms with Crippen LogP contribution in [0.1, 0.15) is 11.1 Å². The molecule has 2 aliphatic rings. The van der Waals surface area contributed by atoms with Gasteiger partial charge < -0.3 is 14.5 Å². The van der Waals surface area contributed by atoms with Crippen LogP contribution in [-0.4, -0.2) is 52.6 Å². The van der Waals surface area contributed by atoms with E-state index in [-0.39, 0.29) is 0 Å². The van der Waals surface area contributed by atoms with Crippen molar-refractivity contribution in [3.63, 3.8) is 0 Å². The van der Waals surface area contributed by atoms with Gasteiger partial charge in [0.05, 0.1) is 5.57 Å². The predicted molar refractivity (Wildman–Crippen MR) is 141 cm³/mol. The number of para-hydroxylation sites is 2. The van der Waals surface area contributed by atoms with Crippen molar-refractivity contribution in [2.24, 2.45) is 0 Å². The molecule has 0 bridgehead atoms. The average molecular weight is 439 g/mol. The Bertz CT molecular complexity index is 1250. The first-order valence-electron chi connectivity index (χ1n) is 11.1. The molecule has 0 saturated heterocycles. The van der Waals surface area contributed by atoms with Gasteiger partial charge in [-0.2, -0.15) is 0 Å². The van der Waals surface area contributed by atoms with E-state index in [2.05, 4.69) is 142 Å². The molecule has 0 saturated carbocycles. The number of hydrogen-bond donors (Lipinski definition) is 0. The van der Waals surface area contributed by atoms with E-state index in [0.29, 0.717) is 0 Å². The molecule has 0 unspecified atom stereocenters. The van der Waals surface area contributed by atoms with Crippen molar-refractivity contribution >= 4 is 28.4 Å². The van der Waals surface area contributed by atoms with E-state index in [1.165, 1.54) is 11.3 Å². The van der Waals surface area contributed by atoms with Crippen LogP contribution in [-0.2, 0) is 4.74 Å². The highest BCUT2D eigenvalue weighted by Gasteiger charge is 2.24. The zero-order chi connectivity index (χ0) is 23.5. The summed E-state index contributed by atoms with van der Waals surface area (Å²) in [6.07, 6.45) is 12.7. The van der Waals surface area contributed by atoms with Crippen LogP contribution in [0.4, 0.5) is 11.4 Å². The highest BCUT2D eigenvalue weighted by molar-refractivity contribution is 6.09. The lowest BCUT2D eigenvalue weighted by molar-refractivity contribution is -0.463. The van der Waals surface area contributed by atoms with Gasteiger partial charge in [0.2, 0.25) is 5.71 Å². The van der Waals surface area contributed by atoms with Crippen molar-refractivity contribution in [1.82, 2.24) is 0 Å². The van der Waals surface area contributed by atoms with Gasteiger partial charge in [-0.3, -0.25) is 0 Å². The number of hydrogen-bond acceptors (Lipinski definition) is 3. The lowest BCUT2D eigenvalue weighted by Crippen LogP contribution is -2.17. The zero-order valence-corrected chi connectivity index (χ0v) is 20.3. The van der Waals surface area contributed by atoms with Crippen LogP contribution in [0.25, 0.3) is 11.3 Å². The first-order valence-corrected chi connectivity index (χ1v) is 11.1. The fourth-order valence-corrected chi connectivity index (χ4v) is 4.17. The van der Waals surface area contributed by atoms with Crippen molar-refractivity contribution in [2.45, 2.75) is 0 Å². The lowest BCUT2D eigenvalue weighted by Gasteiger charge is -2.25. The molecule has 0 fully saturated rings. The van der Waals surface area contributed by atoms with Crippen LogP contribution in [0.5, 0.6) is 0 Å². The summed E-state index contributed by atoms with van der Waals surface area (Å²) in [5.41, 5.74) is 7.83. The largest absolute Gasteiger partial charge is 0.456 e. The van der Waals surface area contributed by atoms with Crippen LogP contribution in [0.3, 0.4) is 0 Å². The van der Waals surface area contributed by atoms with E-state index in [1.54, 1.807) is 0 Å². The van der Waals surface area contributed by atoms with Gasteiger partial charge >= 0.3 is 0 Å². The second-order valence-electron chi connectivity index (χ2n) is 8.81.